The highest BCUT2D eigenvalue weighted by Crippen LogP contribution is 2.28. The lowest BCUT2D eigenvalue weighted by Gasteiger charge is -2.26. The third-order valence-electron chi connectivity index (χ3n) is 5.14. The van der Waals surface area contributed by atoms with E-state index in [0.29, 0.717) is 18.7 Å². The number of carbonyl (C=O) groups is 1. The van der Waals surface area contributed by atoms with E-state index in [4.69, 9.17) is 0 Å². The lowest BCUT2D eigenvalue weighted by atomic mass is 10.1. The second-order valence-electron chi connectivity index (χ2n) is 7.26. The highest BCUT2D eigenvalue weighted by atomic mass is 32.2. The van der Waals surface area contributed by atoms with Crippen LogP contribution in [-0.2, 0) is 23.0 Å². The van der Waals surface area contributed by atoms with Crippen molar-refractivity contribution in [2.24, 2.45) is 0 Å². The zero-order valence-electron chi connectivity index (χ0n) is 16.3. The van der Waals surface area contributed by atoms with Crippen LogP contribution < -0.4 is 5.32 Å². The molecule has 0 spiro atoms. The number of amides is 1. The van der Waals surface area contributed by atoms with E-state index in [-0.39, 0.29) is 10.8 Å². The first-order valence-corrected chi connectivity index (χ1v) is 11.7. The summed E-state index contributed by atoms with van der Waals surface area (Å²) in [5.74, 6) is -0.326. The molecule has 29 heavy (non-hydrogen) atoms. The fourth-order valence-corrected chi connectivity index (χ4v) is 5.88. The summed E-state index contributed by atoms with van der Waals surface area (Å²) in [7, 11) is -3.67. The fraction of sp³-hybridized carbons (Fsp3) is 0.227. The van der Waals surface area contributed by atoms with Crippen LogP contribution in [-0.4, -0.2) is 25.2 Å². The molecule has 7 heteroatoms. The van der Waals surface area contributed by atoms with Crippen molar-refractivity contribution in [1.82, 2.24) is 4.31 Å². The zero-order valence-corrected chi connectivity index (χ0v) is 17.9. The van der Waals surface area contributed by atoms with Gasteiger partial charge in [-0.2, -0.15) is 4.31 Å². The molecular formula is C22H22N2O3S2. The van der Waals surface area contributed by atoms with E-state index in [1.807, 2.05) is 43.5 Å². The van der Waals surface area contributed by atoms with Gasteiger partial charge in [0.1, 0.15) is 0 Å². The van der Waals surface area contributed by atoms with Crippen molar-refractivity contribution < 1.29 is 13.2 Å². The van der Waals surface area contributed by atoms with Crippen LogP contribution in [0.1, 0.15) is 31.9 Å². The van der Waals surface area contributed by atoms with Gasteiger partial charge in [-0.15, -0.1) is 11.3 Å². The molecule has 0 bridgehead atoms. The van der Waals surface area contributed by atoms with E-state index >= 15 is 0 Å². The number of rotatable bonds is 4. The molecule has 0 saturated heterocycles. The van der Waals surface area contributed by atoms with Crippen LogP contribution in [0.2, 0.25) is 0 Å². The number of hydrogen-bond acceptors (Lipinski definition) is 4. The van der Waals surface area contributed by atoms with E-state index in [0.717, 1.165) is 28.8 Å². The summed E-state index contributed by atoms with van der Waals surface area (Å²) in [6, 6.07) is 14.0. The van der Waals surface area contributed by atoms with Crippen LogP contribution in [0.4, 0.5) is 5.69 Å². The summed E-state index contributed by atoms with van der Waals surface area (Å²) < 4.78 is 27.8. The van der Waals surface area contributed by atoms with Crippen molar-refractivity contribution in [2.75, 3.05) is 11.9 Å². The summed E-state index contributed by atoms with van der Waals surface area (Å²) in [6.07, 6.45) is 0.721. The molecule has 1 aliphatic rings. The number of hydrogen-bond donors (Lipinski definition) is 1. The summed E-state index contributed by atoms with van der Waals surface area (Å²) in [4.78, 5) is 14.1. The van der Waals surface area contributed by atoms with Crippen LogP contribution in [0.25, 0.3) is 0 Å². The highest BCUT2D eigenvalue weighted by Gasteiger charge is 2.29. The molecule has 2 aromatic carbocycles. The van der Waals surface area contributed by atoms with Gasteiger partial charge in [0.2, 0.25) is 10.0 Å². The van der Waals surface area contributed by atoms with Crippen molar-refractivity contribution >= 4 is 33.0 Å². The van der Waals surface area contributed by atoms with Gasteiger partial charge in [-0.1, -0.05) is 23.8 Å². The van der Waals surface area contributed by atoms with Gasteiger partial charge < -0.3 is 5.32 Å². The minimum absolute atomic E-state index is 0.143. The molecule has 0 aliphatic carbocycles. The Labute approximate surface area is 175 Å². The number of thiophene rings is 1. The van der Waals surface area contributed by atoms with Crippen LogP contribution >= 0.6 is 11.3 Å². The molecule has 0 radical (unpaired) electrons. The minimum Gasteiger partial charge on any atom is -0.322 e. The van der Waals surface area contributed by atoms with Gasteiger partial charge in [-0.3, -0.25) is 4.79 Å². The van der Waals surface area contributed by atoms with E-state index in [1.165, 1.54) is 15.2 Å². The van der Waals surface area contributed by atoms with E-state index in [1.54, 1.807) is 29.5 Å². The molecule has 0 fully saturated rings. The predicted octanol–water partition coefficient (Wildman–Crippen LogP) is 4.36. The van der Waals surface area contributed by atoms with Gasteiger partial charge in [0.05, 0.1) is 4.90 Å². The summed E-state index contributed by atoms with van der Waals surface area (Å²) in [5.41, 5.74) is 4.17. The van der Waals surface area contributed by atoms with Gasteiger partial charge in [0.25, 0.3) is 5.91 Å². The molecule has 1 aromatic heterocycles. The summed E-state index contributed by atoms with van der Waals surface area (Å²) >= 11 is 1.67. The van der Waals surface area contributed by atoms with Crippen molar-refractivity contribution in [3.63, 3.8) is 0 Å². The average Bonchev–Trinajstić information content (AvgIpc) is 3.18. The zero-order chi connectivity index (χ0) is 20.6. The van der Waals surface area contributed by atoms with Gasteiger partial charge >= 0.3 is 0 Å². The lowest BCUT2D eigenvalue weighted by Crippen LogP contribution is -2.35. The third-order valence-corrected chi connectivity index (χ3v) is 8.00. The van der Waals surface area contributed by atoms with Crippen LogP contribution in [0, 0.1) is 13.8 Å². The molecule has 2 heterocycles. The Hall–Kier alpha value is -2.48. The largest absolute Gasteiger partial charge is 0.322 e. The predicted molar refractivity (Wildman–Crippen MR) is 116 cm³/mol. The smallest absolute Gasteiger partial charge is 0.255 e. The summed E-state index contributed by atoms with van der Waals surface area (Å²) in [5, 5.41) is 4.87. The molecular weight excluding hydrogens is 404 g/mol. The highest BCUT2D eigenvalue weighted by molar-refractivity contribution is 7.89. The topological polar surface area (TPSA) is 66.5 Å². The monoisotopic (exact) mass is 426 g/mol. The maximum absolute atomic E-state index is 13.1. The Bertz CT molecular complexity index is 1180. The number of carbonyl (C=O) groups excluding carboxylic acids is 1. The molecule has 1 amide bonds. The fourth-order valence-electron chi connectivity index (χ4n) is 3.52. The first kappa shape index (κ1) is 19.8. The Morgan fingerprint density at radius 3 is 2.72 bits per heavy atom. The standard InChI is InChI=1S/C22H22N2O3S2/c1-15-6-7-20(16(2)12-15)23-22(25)17-4-3-5-19(13-17)29(26,27)24-10-8-21-18(14-24)9-11-28-21/h3-7,9,11-13H,8,10,14H2,1-2H3,(H,23,25). The Kier molecular flexibility index (Phi) is 5.29. The normalized spacial score (nSPS) is 14.4. The Morgan fingerprint density at radius 1 is 1.10 bits per heavy atom. The molecule has 3 aromatic rings. The van der Waals surface area contributed by atoms with E-state index < -0.39 is 10.0 Å². The second kappa shape index (κ2) is 7.74. The number of fused-ring (bicyclic) bond motifs is 1. The molecule has 150 valence electrons. The van der Waals surface area contributed by atoms with Gasteiger partial charge in [-0.25, -0.2) is 8.42 Å². The Balaban J connectivity index is 1.57. The van der Waals surface area contributed by atoms with E-state index in [2.05, 4.69) is 5.32 Å². The third kappa shape index (κ3) is 3.99. The van der Waals surface area contributed by atoms with Crippen molar-refractivity contribution in [2.45, 2.75) is 31.7 Å². The van der Waals surface area contributed by atoms with E-state index in [9.17, 15) is 13.2 Å². The number of aryl methyl sites for hydroxylation is 2. The van der Waals surface area contributed by atoms with Gasteiger partial charge in [0.15, 0.2) is 0 Å². The maximum Gasteiger partial charge on any atom is 0.255 e. The number of benzene rings is 2. The number of anilines is 1. The molecule has 5 nitrogen and oxygen atoms in total. The SMILES string of the molecule is Cc1ccc(NC(=O)c2cccc(S(=O)(=O)N3CCc4sccc4C3)c2)c(C)c1. The number of nitrogens with zero attached hydrogens (tertiary/aromatic N) is 1. The first-order chi connectivity index (χ1) is 13.8. The van der Waals surface area contributed by atoms with Crippen LogP contribution in [0.15, 0.2) is 58.8 Å². The maximum atomic E-state index is 13.1. The molecule has 4 rings (SSSR count). The summed E-state index contributed by atoms with van der Waals surface area (Å²) in [6.45, 7) is 4.75. The van der Waals surface area contributed by atoms with Crippen LogP contribution in [0.5, 0.6) is 0 Å². The van der Waals surface area contributed by atoms with Gasteiger partial charge in [-0.05, 0) is 67.1 Å². The molecule has 0 saturated carbocycles. The quantitative estimate of drug-likeness (QED) is 0.674. The number of sulfonamides is 1. The Morgan fingerprint density at radius 2 is 1.93 bits per heavy atom. The number of nitrogens with one attached hydrogen (secondary N) is 1. The minimum atomic E-state index is -3.67. The lowest BCUT2D eigenvalue weighted by molar-refractivity contribution is 0.102. The second-order valence-corrected chi connectivity index (χ2v) is 10.2. The van der Waals surface area contributed by atoms with Gasteiger partial charge in [0, 0.05) is 29.2 Å². The molecule has 0 unspecified atom stereocenters. The molecule has 0 atom stereocenters. The average molecular weight is 427 g/mol. The molecule has 1 N–H and O–H groups in total. The van der Waals surface area contributed by atoms with Crippen molar-refractivity contribution in [3.8, 4) is 0 Å². The first-order valence-electron chi connectivity index (χ1n) is 9.38. The van der Waals surface area contributed by atoms with Crippen molar-refractivity contribution in [3.05, 3.63) is 81.0 Å². The van der Waals surface area contributed by atoms with Crippen molar-refractivity contribution in [1.29, 1.82) is 0 Å². The van der Waals surface area contributed by atoms with Crippen LogP contribution in [0.3, 0.4) is 0 Å². The molecule has 1 aliphatic heterocycles.